The number of piperidine rings is 1. The van der Waals surface area contributed by atoms with E-state index in [4.69, 9.17) is 9.47 Å². The average Bonchev–Trinajstić information content (AvgIpc) is 3.00. The van der Waals surface area contributed by atoms with E-state index in [1.54, 1.807) is 0 Å². The number of hydrogen-bond acceptors (Lipinski definition) is 3. The normalized spacial score (nSPS) is 22.5. The predicted molar refractivity (Wildman–Crippen MR) is 98.6 cm³/mol. The molecule has 1 aromatic rings. The number of aryl methyl sites for hydroxylation is 1. The fraction of sp³-hybridized carbons (Fsp3) is 0.667. The summed E-state index contributed by atoms with van der Waals surface area (Å²) >= 11 is 0. The van der Waals surface area contributed by atoms with Gasteiger partial charge in [-0.3, -0.25) is 4.79 Å². The van der Waals surface area contributed by atoms with Crippen LogP contribution in [-0.2, 0) is 20.7 Å². The Morgan fingerprint density at radius 2 is 2.08 bits per heavy atom. The van der Waals surface area contributed by atoms with Gasteiger partial charge in [0.1, 0.15) is 0 Å². The maximum absolute atomic E-state index is 12.7. The fourth-order valence-electron chi connectivity index (χ4n) is 4.33. The van der Waals surface area contributed by atoms with Gasteiger partial charge in [-0.1, -0.05) is 24.3 Å². The Morgan fingerprint density at radius 3 is 2.80 bits per heavy atom. The van der Waals surface area contributed by atoms with E-state index in [0.29, 0.717) is 12.3 Å². The molecule has 2 aliphatic rings. The van der Waals surface area contributed by atoms with Gasteiger partial charge in [0.25, 0.3) is 0 Å². The highest BCUT2D eigenvalue weighted by molar-refractivity contribution is 5.79. The highest BCUT2D eigenvalue weighted by Gasteiger charge is 2.46. The van der Waals surface area contributed by atoms with Gasteiger partial charge in [-0.05, 0) is 56.6 Å². The predicted octanol–water partition coefficient (Wildman–Crippen LogP) is 3.36. The molecule has 4 heteroatoms. The van der Waals surface area contributed by atoms with E-state index in [-0.39, 0.29) is 11.5 Å². The van der Waals surface area contributed by atoms with E-state index in [1.807, 2.05) is 24.0 Å². The first-order valence-electron chi connectivity index (χ1n) is 9.68. The smallest absolute Gasteiger partial charge is 0.227 e. The first-order chi connectivity index (χ1) is 12.1. The maximum Gasteiger partial charge on any atom is 0.227 e. The molecular formula is C21H31NO3. The fourth-order valence-corrected chi connectivity index (χ4v) is 4.33. The van der Waals surface area contributed by atoms with Gasteiger partial charge in [-0.2, -0.15) is 0 Å². The summed E-state index contributed by atoms with van der Waals surface area (Å²) in [6.07, 6.45) is 4.64. The van der Waals surface area contributed by atoms with Crippen molar-refractivity contribution in [3.63, 3.8) is 0 Å². The summed E-state index contributed by atoms with van der Waals surface area (Å²) in [5.41, 5.74) is 2.32. The second kappa shape index (κ2) is 8.33. The highest BCUT2D eigenvalue weighted by atomic mass is 16.5. The van der Waals surface area contributed by atoms with Gasteiger partial charge in [0.05, 0.1) is 12.0 Å². The first kappa shape index (κ1) is 18.4. The molecule has 138 valence electrons. The minimum absolute atomic E-state index is 0.0173. The van der Waals surface area contributed by atoms with Crippen molar-refractivity contribution in [2.75, 3.05) is 32.9 Å². The zero-order valence-electron chi connectivity index (χ0n) is 15.6. The minimum atomic E-state index is -0.0173. The zero-order chi connectivity index (χ0) is 17.7. The van der Waals surface area contributed by atoms with Gasteiger partial charge >= 0.3 is 0 Å². The number of rotatable bonds is 6. The molecule has 1 amide bonds. The first-order valence-corrected chi connectivity index (χ1v) is 9.68. The van der Waals surface area contributed by atoms with Crippen LogP contribution in [0.15, 0.2) is 24.3 Å². The van der Waals surface area contributed by atoms with Crippen molar-refractivity contribution in [1.82, 2.24) is 4.90 Å². The molecule has 2 heterocycles. The van der Waals surface area contributed by atoms with Crippen LogP contribution < -0.4 is 0 Å². The molecule has 25 heavy (non-hydrogen) atoms. The minimum Gasteiger partial charge on any atom is -0.382 e. The molecule has 0 unspecified atom stereocenters. The molecule has 2 fully saturated rings. The lowest BCUT2D eigenvalue weighted by atomic mass is 9.78. The van der Waals surface area contributed by atoms with E-state index in [0.717, 1.165) is 64.2 Å². The van der Waals surface area contributed by atoms with Crippen LogP contribution in [0.1, 0.15) is 43.7 Å². The molecule has 0 radical (unpaired) electrons. The topological polar surface area (TPSA) is 38.8 Å². The number of likely N-dealkylation sites (tertiary alicyclic amines) is 1. The summed E-state index contributed by atoms with van der Waals surface area (Å²) in [5.74, 6) is 0.820. The molecular weight excluding hydrogens is 314 g/mol. The van der Waals surface area contributed by atoms with E-state index < -0.39 is 0 Å². The lowest BCUT2D eigenvalue weighted by molar-refractivity contribution is -0.137. The number of amides is 1. The van der Waals surface area contributed by atoms with Gasteiger partial charge < -0.3 is 14.4 Å². The lowest BCUT2D eigenvalue weighted by Crippen LogP contribution is -2.50. The maximum atomic E-state index is 12.7. The van der Waals surface area contributed by atoms with Gasteiger partial charge in [0.2, 0.25) is 5.91 Å². The molecule has 2 saturated heterocycles. The summed E-state index contributed by atoms with van der Waals surface area (Å²) in [4.78, 5) is 14.7. The molecule has 0 saturated carbocycles. The average molecular weight is 345 g/mol. The summed E-state index contributed by atoms with van der Waals surface area (Å²) < 4.78 is 11.7. The largest absolute Gasteiger partial charge is 0.382 e. The Kier molecular flexibility index (Phi) is 6.13. The Balaban J connectivity index is 1.54. The van der Waals surface area contributed by atoms with Crippen LogP contribution in [0.4, 0.5) is 0 Å². The Bertz CT molecular complexity index is 578. The molecule has 2 aliphatic heterocycles. The van der Waals surface area contributed by atoms with Crippen molar-refractivity contribution in [3.05, 3.63) is 35.4 Å². The summed E-state index contributed by atoms with van der Waals surface area (Å²) in [5, 5.41) is 0. The number of ether oxygens (including phenoxy) is 2. The van der Waals surface area contributed by atoms with Crippen LogP contribution in [-0.4, -0.2) is 49.3 Å². The standard InChI is InChI=1S/C21H31NO3/c1-3-24-14-8-19-9-15-25-21(19)10-12-22(13-11-21)20(23)16-18-7-5-4-6-17(18)2/h4-7,19H,3,8-16H2,1-2H3/t19-/m1/s1. The molecule has 1 atom stereocenters. The van der Waals surface area contributed by atoms with Crippen LogP contribution in [0.3, 0.4) is 0 Å². The van der Waals surface area contributed by atoms with Crippen LogP contribution in [0, 0.1) is 12.8 Å². The van der Waals surface area contributed by atoms with Gasteiger partial charge in [-0.15, -0.1) is 0 Å². The Hall–Kier alpha value is -1.39. The van der Waals surface area contributed by atoms with E-state index in [9.17, 15) is 4.79 Å². The third-order valence-electron chi connectivity index (χ3n) is 5.98. The Morgan fingerprint density at radius 1 is 1.32 bits per heavy atom. The third-order valence-corrected chi connectivity index (χ3v) is 5.98. The summed E-state index contributed by atoms with van der Waals surface area (Å²) in [6.45, 7) is 8.20. The molecule has 1 aromatic carbocycles. The second-order valence-corrected chi connectivity index (χ2v) is 7.37. The summed E-state index contributed by atoms with van der Waals surface area (Å²) in [7, 11) is 0. The van der Waals surface area contributed by atoms with Crippen LogP contribution in [0.25, 0.3) is 0 Å². The molecule has 3 rings (SSSR count). The van der Waals surface area contributed by atoms with Crippen LogP contribution in [0.5, 0.6) is 0 Å². The number of carbonyl (C=O) groups is 1. The van der Waals surface area contributed by atoms with Crippen molar-refractivity contribution < 1.29 is 14.3 Å². The molecule has 1 spiro atoms. The van der Waals surface area contributed by atoms with Crippen molar-refractivity contribution in [1.29, 1.82) is 0 Å². The second-order valence-electron chi connectivity index (χ2n) is 7.37. The van der Waals surface area contributed by atoms with Gasteiger partial charge in [0, 0.05) is 32.9 Å². The number of nitrogens with zero attached hydrogens (tertiary/aromatic N) is 1. The molecule has 0 aromatic heterocycles. The van der Waals surface area contributed by atoms with Crippen molar-refractivity contribution in [2.45, 2.75) is 51.6 Å². The lowest BCUT2D eigenvalue weighted by Gasteiger charge is -2.42. The molecule has 0 bridgehead atoms. The zero-order valence-corrected chi connectivity index (χ0v) is 15.6. The van der Waals surface area contributed by atoms with Crippen molar-refractivity contribution >= 4 is 5.91 Å². The summed E-state index contributed by atoms with van der Waals surface area (Å²) in [6, 6.07) is 8.16. The SMILES string of the molecule is CCOCC[C@@H]1CCOC12CCN(C(=O)Cc1ccccc1C)CC2. The van der Waals surface area contributed by atoms with Gasteiger partial charge in [-0.25, -0.2) is 0 Å². The molecule has 0 aliphatic carbocycles. The van der Waals surface area contributed by atoms with E-state index >= 15 is 0 Å². The molecule has 4 nitrogen and oxygen atoms in total. The monoisotopic (exact) mass is 345 g/mol. The van der Waals surface area contributed by atoms with Crippen molar-refractivity contribution in [3.8, 4) is 0 Å². The van der Waals surface area contributed by atoms with Crippen LogP contribution in [0.2, 0.25) is 0 Å². The van der Waals surface area contributed by atoms with Gasteiger partial charge in [0.15, 0.2) is 0 Å². The van der Waals surface area contributed by atoms with Crippen molar-refractivity contribution in [2.24, 2.45) is 5.92 Å². The van der Waals surface area contributed by atoms with E-state index in [1.165, 1.54) is 5.56 Å². The van der Waals surface area contributed by atoms with E-state index in [2.05, 4.69) is 19.1 Å². The van der Waals surface area contributed by atoms with Crippen LogP contribution >= 0.6 is 0 Å². The quantitative estimate of drug-likeness (QED) is 0.742. The number of hydrogen-bond donors (Lipinski definition) is 0. The highest BCUT2D eigenvalue weighted by Crippen LogP contribution is 2.42. The Labute approximate surface area is 151 Å². The third kappa shape index (κ3) is 4.24. The number of carbonyl (C=O) groups excluding carboxylic acids is 1. The number of benzene rings is 1. The molecule has 0 N–H and O–H groups in total.